The maximum absolute atomic E-state index is 11.6. The molecule has 1 aliphatic heterocycles. The number of esters is 1. The first kappa shape index (κ1) is 15.1. The van der Waals surface area contributed by atoms with Crippen LogP contribution in [0.1, 0.15) is 20.3 Å². The molecule has 0 aromatic heterocycles. The fourth-order valence-corrected chi connectivity index (χ4v) is 3.55. The topological polar surface area (TPSA) is 80.8 Å². The molecule has 1 unspecified atom stereocenters. The maximum atomic E-state index is 11.6. The van der Waals surface area contributed by atoms with E-state index in [1.165, 1.54) is 0 Å². The van der Waals surface area contributed by atoms with Crippen LogP contribution >= 0.6 is 0 Å². The summed E-state index contributed by atoms with van der Waals surface area (Å²) in [5.74, 6) is -0.622. The highest BCUT2D eigenvalue weighted by Gasteiger charge is 2.29. The monoisotopic (exact) mass is 277 g/mol. The number of rotatable bonds is 5. The standard InChI is InChI=1S/C11H19NO5S/c1-3-17-11(14)6-10(13)7-12-4-5-18(15,16)8-9(12)2/h9H,3-8H2,1-2H3. The second kappa shape index (κ2) is 6.29. The third-order valence-corrected chi connectivity index (χ3v) is 4.63. The first-order chi connectivity index (χ1) is 8.34. The van der Waals surface area contributed by atoms with E-state index in [4.69, 9.17) is 0 Å². The van der Waals surface area contributed by atoms with Crippen molar-refractivity contribution in [2.45, 2.75) is 26.3 Å². The quantitative estimate of drug-likeness (QED) is 0.504. The van der Waals surface area contributed by atoms with Gasteiger partial charge < -0.3 is 4.74 Å². The van der Waals surface area contributed by atoms with Crippen molar-refractivity contribution in [1.29, 1.82) is 0 Å². The van der Waals surface area contributed by atoms with Gasteiger partial charge in [-0.3, -0.25) is 14.5 Å². The highest BCUT2D eigenvalue weighted by atomic mass is 32.2. The Bertz CT molecular complexity index is 417. The van der Waals surface area contributed by atoms with E-state index in [0.717, 1.165) is 0 Å². The molecule has 0 N–H and O–H groups in total. The van der Waals surface area contributed by atoms with Gasteiger partial charge in [0.15, 0.2) is 15.6 Å². The minimum absolute atomic E-state index is 0.0691. The van der Waals surface area contributed by atoms with Crippen molar-refractivity contribution in [3.63, 3.8) is 0 Å². The molecule has 18 heavy (non-hydrogen) atoms. The molecular weight excluding hydrogens is 258 g/mol. The number of sulfone groups is 1. The molecule has 1 heterocycles. The zero-order chi connectivity index (χ0) is 13.8. The molecule has 0 aromatic carbocycles. The molecule has 6 nitrogen and oxygen atoms in total. The lowest BCUT2D eigenvalue weighted by atomic mass is 10.2. The number of Topliss-reactive ketones (excluding diaryl/α,β-unsaturated/α-hetero) is 1. The molecule has 0 aromatic rings. The lowest BCUT2D eigenvalue weighted by Gasteiger charge is -2.32. The van der Waals surface area contributed by atoms with Crippen molar-refractivity contribution in [3.05, 3.63) is 0 Å². The van der Waals surface area contributed by atoms with Crippen LogP contribution < -0.4 is 0 Å². The molecule has 0 saturated carbocycles. The Morgan fingerprint density at radius 3 is 2.61 bits per heavy atom. The van der Waals surface area contributed by atoms with E-state index in [1.54, 1.807) is 18.7 Å². The Morgan fingerprint density at radius 2 is 2.06 bits per heavy atom. The fraction of sp³-hybridized carbons (Fsp3) is 0.818. The largest absolute Gasteiger partial charge is 0.466 e. The molecule has 1 saturated heterocycles. The van der Waals surface area contributed by atoms with Gasteiger partial charge in [0, 0.05) is 12.6 Å². The number of hydrogen-bond acceptors (Lipinski definition) is 6. The van der Waals surface area contributed by atoms with Gasteiger partial charge >= 0.3 is 5.97 Å². The maximum Gasteiger partial charge on any atom is 0.313 e. The molecule has 0 aliphatic carbocycles. The minimum Gasteiger partial charge on any atom is -0.466 e. The van der Waals surface area contributed by atoms with Crippen LogP contribution in [-0.2, 0) is 24.2 Å². The fourth-order valence-electron chi connectivity index (χ4n) is 1.92. The van der Waals surface area contributed by atoms with Gasteiger partial charge in [0.1, 0.15) is 6.42 Å². The highest BCUT2D eigenvalue weighted by molar-refractivity contribution is 7.91. The Balaban J connectivity index is 2.43. The molecule has 1 rings (SSSR count). The van der Waals surface area contributed by atoms with E-state index in [9.17, 15) is 18.0 Å². The van der Waals surface area contributed by atoms with Crippen LogP contribution in [0.15, 0.2) is 0 Å². The molecule has 1 atom stereocenters. The molecule has 0 bridgehead atoms. The van der Waals surface area contributed by atoms with Crippen molar-refractivity contribution in [2.75, 3.05) is 31.2 Å². The number of carbonyl (C=O) groups is 2. The Hall–Kier alpha value is -0.950. The zero-order valence-electron chi connectivity index (χ0n) is 10.7. The van der Waals surface area contributed by atoms with Crippen molar-refractivity contribution >= 4 is 21.6 Å². The predicted molar refractivity (Wildman–Crippen MR) is 65.9 cm³/mol. The lowest BCUT2D eigenvalue weighted by Crippen LogP contribution is -2.48. The molecule has 1 aliphatic rings. The van der Waals surface area contributed by atoms with Gasteiger partial charge in [0.05, 0.1) is 24.7 Å². The van der Waals surface area contributed by atoms with Crippen molar-refractivity contribution in [3.8, 4) is 0 Å². The van der Waals surface area contributed by atoms with Gasteiger partial charge in [0.2, 0.25) is 0 Å². The van der Waals surface area contributed by atoms with Crippen LogP contribution in [0.4, 0.5) is 0 Å². The van der Waals surface area contributed by atoms with E-state index in [-0.39, 0.29) is 42.9 Å². The summed E-state index contributed by atoms with van der Waals surface area (Å²) in [6.07, 6.45) is -0.246. The average Bonchev–Trinajstić information content (AvgIpc) is 2.21. The highest BCUT2D eigenvalue weighted by Crippen LogP contribution is 2.11. The number of ether oxygens (including phenoxy) is 1. The summed E-state index contributed by atoms with van der Waals surface area (Å²) in [7, 11) is -2.98. The van der Waals surface area contributed by atoms with E-state index >= 15 is 0 Å². The minimum atomic E-state index is -2.98. The normalized spacial score (nSPS) is 23.6. The SMILES string of the molecule is CCOC(=O)CC(=O)CN1CCS(=O)(=O)CC1C. The average molecular weight is 277 g/mol. The van der Waals surface area contributed by atoms with E-state index < -0.39 is 15.8 Å². The molecule has 104 valence electrons. The van der Waals surface area contributed by atoms with Gasteiger partial charge in [-0.2, -0.15) is 0 Å². The van der Waals surface area contributed by atoms with Crippen LogP contribution in [0.5, 0.6) is 0 Å². The lowest BCUT2D eigenvalue weighted by molar-refractivity contribution is -0.145. The van der Waals surface area contributed by atoms with Crippen molar-refractivity contribution in [2.24, 2.45) is 0 Å². The number of nitrogens with zero attached hydrogens (tertiary/aromatic N) is 1. The summed E-state index contributed by atoms with van der Waals surface area (Å²) in [6, 6.07) is -0.185. The van der Waals surface area contributed by atoms with Crippen molar-refractivity contribution < 1.29 is 22.7 Å². The summed E-state index contributed by atoms with van der Waals surface area (Å²) in [4.78, 5) is 24.5. The van der Waals surface area contributed by atoms with Crippen LogP contribution in [0, 0.1) is 0 Å². The van der Waals surface area contributed by atoms with Crippen LogP contribution in [0.3, 0.4) is 0 Å². The van der Waals surface area contributed by atoms with Gasteiger partial charge in [-0.15, -0.1) is 0 Å². The summed E-state index contributed by atoms with van der Waals surface area (Å²) >= 11 is 0. The number of hydrogen-bond donors (Lipinski definition) is 0. The summed E-state index contributed by atoms with van der Waals surface area (Å²) in [5, 5.41) is 0. The molecular formula is C11H19NO5S. The third kappa shape index (κ3) is 4.73. The summed E-state index contributed by atoms with van der Waals surface area (Å²) in [6.45, 7) is 4.16. The van der Waals surface area contributed by atoms with Gasteiger partial charge in [-0.25, -0.2) is 8.42 Å². The van der Waals surface area contributed by atoms with Gasteiger partial charge in [-0.05, 0) is 13.8 Å². The van der Waals surface area contributed by atoms with E-state index in [0.29, 0.717) is 6.54 Å². The van der Waals surface area contributed by atoms with Crippen LogP contribution in [0.25, 0.3) is 0 Å². The number of ketones is 1. The third-order valence-electron chi connectivity index (χ3n) is 2.83. The molecule has 0 radical (unpaired) electrons. The van der Waals surface area contributed by atoms with E-state index in [1.807, 2.05) is 0 Å². The molecule has 7 heteroatoms. The Kier molecular flexibility index (Phi) is 5.28. The van der Waals surface area contributed by atoms with Crippen molar-refractivity contribution in [1.82, 2.24) is 4.90 Å². The summed E-state index contributed by atoms with van der Waals surface area (Å²) < 4.78 is 27.4. The zero-order valence-corrected chi connectivity index (χ0v) is 11.5. The first-order valence-corrected chi connectivity index (χ1v) is 7.78. The Morgan fingerprint density at radius 1 is 1.39 bits per heavy atom. The second-order valence-corrected chi connectivity index (χ2v) is 6.68. The van der Waals surface area contributed by atoms with E-state index in [2.05, 4.69) is 4.74 Å². The predicted octanol–water partition coefficient (Wildman–Crippen LogP) is -0.372. The van der Waals surface area contributed by atoms with Crippen LogP contribution in [0.2, 0.25) is 0 Å². The van der Waals surface area contributed by atoms with Gasteiger partial charge in [-0.1, -0.05) is 0 Å². The molecule has 1 fully saturated rings. The first-order valence-electron chi connectivity index (χ1n) is 5.96. The second-order valence-electron chi connectivity index (χ2n) is 4.45. The van der Waals surface area contributed by atoms with Gasteiger partial charge in [0.25, 0.3) is 0 Å². The Labute approximate surface area is 107 Å². The van der Waals surface area contributed by atoms with Crippen LogP contribution in [-0.4, -0.2) is 62.3 Å². The number of carbonyl (C=O) groups excluding carboxylic acids is 2. The summed E-state index contributed by atoms with van der Waals surface area (Å²) in [5.41, 5.74) is 0. The molecule has 0 spiro atoms. The molecule has 0 amide bonds. The smallest absolute Gasteiger partial charge is 0.313 e.